The van der Waals surface area contributed by atoms with E-state index < -0.39 is 6.04 Å². The molecule has 1 saturated heterocycles. The molecule has 2 aliphatic rings. The number of aromatic nitrogens is 2. The van der Waals surface area contributed by atoms with Gasteiger partial charge in [0.05, 0.1) is 0 Å². The van der Waals surface area contributed by atoms with E-state index in [9.17, 15) is 9.59 Å². The van der Waals surface area contributed by atoms with Crippen LogP contribution in [0.1, 0.15) is 49.7 Å². The van der Waals surface area contributed by atoms with E-state index in [0.717, 1.165) is 18.5 Å². The van der Waals surface area contributed by atoms with E-state index in [1.54, 1.807) is 23.1 Å². The third-order valence-electron chi connectivity index (χ3n) is 5.04. The van der Waals surface area contributed by atoms with Crippen molar-refractivity contribution in [3.63, 3.8) is 0 Å². The summed E-state index contributed by atoms with van der Waals surface area (Å²) in [6.07, 6.45) is 2.24. The van der Waals surface area contributed by atoms with Crippen molar-refractivity contribution < 1.29 is 19.1 Å². The Morgan fingerprint density at radius 1 is 1.24 bits per heavy atom. The van der Waals surface area contributed by atoms with Crippen LogP contribution in [-0.4, -0.2) is 46.3 Å². The number of carbonyl (C=O) groups is 2. The molecule has 2 aliphatic heterocycles. The second-order valence-corrected chi connectivity index (χ2v) is 8.73. The van der Waals surface area contributed by atoms with Crippen molar-refractivity contribution >= 4 is 17.6 Å². The Bertz CT molecular complexity index is 931. The van der Waals surface area contributed by atoms with E-state index in [0.29, 0.717) is 35.8 Å². The van der Waals surface area contributed by atoms with Gasteiger partial charge in [-0.25, -0.2) is 0 Å². The molecular weight excluding hydrogens is 372 g/mol. The normalized spacial score (nSPS) is 18.2. The lowest BCUT2D eigenvalue weighted by Gasteiger charge is -2.23. The van der Waals surface area contributed by atoms with Crippen molar-refractivity contribution in [3.05, 3.63) is 35.5 Å². The van der Waals surface area contributed by atoms with Gasteiger partial charge in [-0.15, -0.1) is 0 Å². The Balaban J connectivity index is 1.44. The molecule has 1 aromatic heterocycles. The van der Waals surface area contributed by atoms with Crippen molar-refractivity contribution in [2.75, 3.05) is 18.7 Å². The molecule has 0 unspecified atom stereocenters. The fourth-order valence-electron chi connectivity index (χ4n) is 3.77. The van der Waals surface area contributed by atoms with Gasteiger partial charge in [0.1, 0.15) is 6.04 Å². The summed E-state index contributed by atoms with van der Waals surface area (Å²) in [7, 11) is 0. The lowest BCUT2D eigenvalue weighted by atomic mass is 9.91. The number of rotatable bonds is 4. The Labute approximate surface area is 169 Å². The van der Waals surface area contributed by atoms with E-state index in [2.05, 4.69) is 36.3 Å². The number of amides is 2. The molecule has 0 spiro atoms. The highest BCUT2D eigenvalue weighted by Gasteiger charge is 2.35. The molecule has 8 nitrogen and oxygen atoms in total. The number of nitrogens with zero attached hydrogens (tertiary/aromatic N) is 2. The summed E-state index contributed by atoms with van der Waals surface area (Å²) in [5.74, 6) is 1.26. The van der Waals surface area contributed by atoms with Gasteiger partial charge in [-0.2, -0.15) is 5.10 Å². The van der Waals surface area contributed by atoms with Gasteiger partial charge in [-0.3, -0.25) is 14.7 Å². The summed E-state index contributed by atoms with van der Waals surface area (Å²) < 4.78 is 10.7. The number of H-pyrrole nitrogens is 1. The zero-order chi connectivity index (χ0) is 20.6. The minimum atomic E-state index is -0.518. The van der Waals surface area contributed by atoms with Gasteiger partial charge in [0.25, 0.3) is 5.91 Å². The largest absolute Gasteiger partial charge is 0.454 e. The third-order valence-corrected chi connectivity index (χ3v) is 5.04. The molecule has 29 heavy (non-hydrogen) atoms. The first-order chi connectivity index (χ1) is 13.8. The quantitative estimate of drug-likeness (QED) is 0.825. The highest BCUT2D eigenvalue weighted by molar-refractivity contribution is 6.01. The van der Waals surface area contributed by atoms with Gasteiger partial charge >= 0.3 is 0 Å². The van der Waals surface area contributed by atoms with Crippen molar-refractivity contribution in [1.82, 2.24) is 15.1 Å². The van der Waals surface area contributed by atoms with E-state index >= 15 is 0 Å². The van der Waals surface area contributed by atoms with E-state index in [-0.39, 0.29) is 24.0 Å². The molecule has 2 N–H and O–H groups in total. The predicted molar refractivity (Wildman–Crippen MR) is 107 cm³/mol. The zero-order valence-electron chi connectivity index (χ0n) is 16.9. The number of hydrogen-bond donors (Lipinski definition) is 2. The van der Waals surface area contributed by atoms with Gasteiger partial charge in [0.15, 0.2) is 17.3 Å². The number of anilines is 1. The zero-order valence-corrected chi connectivity index (χ0v) is 16.9. The molecule has 2 amide bonds. The topological polar surface area (TPSA) is 96.6 Å². The summed E-state index contributed by atoms with van der Waals surface area (Å²) >= 11 is 0. The molecular formula is C21H26N4O4. The minimum absolute atomic E-state index is 0.118. The van der Waals surface area contributed by atoms with Gasteiger partial charge in [0.2, 0.25) is 12.7 Å². The molecule has 0 radical (unpaired) electrons. The Kier molecular flexibility index (Phi) is 4.94. The van der Waals surface area contributed by atoms with Crippen LogP contribution in [0.5, 0.6) is 11.5 Å². The van der Waals surface area contributed by atoms with Crippen LogP contribution in [0.25, 0.3) is 0 Å². The monoisotopic (exact) mass is 398 g/mol. The highest BCUT2D eigenvalue weighted by atomic mass is 16.7. The SMILES string of the molecule is CC(C)(C)Cc1cc(NC(=O)[C@H]2CCCN2C(=O)c2ccc3c(c2)OCO3)n[nH]1. The van der Waals surface area contributed by atoms with Gasteiger partial charge < -0.3 is 19.7 Å². The van der Waals surface area contributed by atoms with E-state index in [4.69, 9.17) is 9.47 Å². The van der Waals surface area contributed by atoms with Crippen LogP contribution in [-0.2, 0) is 11.2 Å². The molecule has 0 aliphatic carbocycles. The average Bonchev–Trinajstić information content (AvgIpc) is 3.39. The molecule has 0 bridgehead atoms. The molecule has 2 aromatic rings. The number of nitrogens with one attached hydrogen (secondary N) is 2. The van der Waals surface area contributed by atoms with Gasteiger partial charge in [-0.1, -0.05) is 20.8 Å². The number of benzene rings is 1. The average molecular weight is 398 g/mol. The van der Waals surface area contributed by atoms with Crippen LogP contribution in [0, 0.1) is 5.41 Å². The molecule has 8 heteroatoms. The predicted octanol–water partition coefficient (Wildman–Crippen LogP) is 2.97. The summed E-state index contributed by atoms with van der Waals surface area (Å²) in [5, 5.41) is 10.0. The lowest BCUT2D eigenvalue weighted by molar-refractivity contribution is -0.119. The summed E-state index contributed by atoms with van der Waals surface area (Å²) in [5.41, 5.74) is 1.57. The molecule has 0 saturated carbocycles. The van der Waals surface area contributed by atoms with E-state index in [1.165, 1.54) is 0 Å². The first-order valence-corrected chi connectivity index (χ1v) is 9.86. The summed E-state index contributed by atoms with van der Waals surface area (Å²) in [6.45, 7) is 7.13. The maximum absolute atomic E-state index is 13.0. The van der Waals surface area contributed by atoms with Crippen molar-refractivity contribution in [1.29, 1.82) is 0 Å². The number of carbonyl (C=O) groups excluding carboxylic acids is 2. The van der Waals surface area contributed by atoms with Crippen molar-refractivity contribution in [2.45, 2.75) is 46.1 Å². The number of aromatic amines is 1. The molecule has 4 rings (SSSR count). The summed E-state index contributed by atoms with van der Waals surface area (Å²) in [6, 6.07) is 6.43. The molecule has 1 atom stereocenters. The Morgan fingerprint density at radius 3 is 2.83 bits per heavy atom. The van der Waals surface area contributed by atoms with Crippen molar-refractivity contribution in [2.24, 2.45) is 5.41 Å². The molecule has 3 heterocycles. The van der Waals surface area contributed by atoms with Gasteiger partial charge in [0, 0.05) is 23.9 Å². The molecule has 1 aromatic carbocycles. The van der Waals surface area contributed by atoms with E-state index in [1.807, 2.05) is 6.07 Å². The van der Waals surface area contributed by atoms with Crippen LogP contribution >= 0.6 is 0 Å². The number of hydrogen-bond acceptors (Lipinski definition) is 5. The maximum Gasteiger partial charge on any atom is 0.254 e. The Morgan fingerprint density at radius 2 is 2.03 bits per heavy atom. The number of fused-ring (bicyclic) bond motifs is 1. The smallest absolute Gasteiger partial charge is 0.254 e. The van der Waals surface area contributed by atoms with Crippen LogP contribution in [0.4, 0.5) is 5.82 Å². The minimum Gasteiger partial charge on any atom is -0.454 e. The van der Waals surface area contributed by atoms with Crippen LogP contribution in [0.2, 0.25) is 0 Å². The third kappa shape index (κ3) is 4.21. The number of likely N-dealkylation sites (tertiary alicyclic amines) is 1. The molecule has 1 fully saturated rings. The standard InChI is InChI=1S/C21H26N4O4/c1-21(2,3)11-14-10-18(24-23-14)22-19(26)15-5-4-8-25(15)20(27)13-6-7-16-17(9-13)29-12-28-16/h6-7,9-10,15H,4-5,8,11-12H2,1-3H3,(H2,22,23,24,26)/t15-/m1/s1. The highest BCUT2D eigenvalue weighted by Crippen LogP contribution is 2.33. The first-order valence-electron chi connectivity index (χ1n) is 9.86. The molecule has 154 valence electrons. The Hall–Kier alpha value is -3.03. The van der Waals surface area contributed by atoms with Gasteiger partial charge in [-0.05, 0) is 42.9 Å². The lowest BCUT2D eigenvalue weighted by Crippen LogP contribution is -2.43. The second kappa shape index (κ2) is 7.42. The first kappa shape index (κ1) is 19.3. The second-order valence-electron chi connectivity index (χ2n) is 8.73. The van der Waals surface area contributed by atoms with Crippen molar-refractivity contribution in [3.8, 4) is 11.5 Å². The number of ether oxygens (including phenoxy) is 2. The maximum atomic E-state index is 13.0. The van der Waals surface area contributed by atoms with Crippen LogP contribution in [0.15, 0.2) is 24.3 Å². The van der Waals surface area contributed by atoms with Crippen LogP contribution < -0.4 is 14.8 Å². The fourth-order valence-corrected chi connectivity index (χ4v) is 3.77. The van der Waals surface area contributed by atoms with Crippen LogP contribution in [0.3, 0.4) is 0 Å². The summed E-state index contributed by atoms with van der Waals surface area (Å²) in [4.78, 5) is 27.5. The fraction of sp³-hybridized carbons (Fsp3) is 0.476.